The minimum Gasteiger partial charge on any atom is -0.493 e. The number of H-pyrrole nitrogens is 1. The van der Waals surface area contributed by atoms with Crippen molar-refractivity contribution in [3.63, 3.8) is 0 Å². The third kappa shape index (κ3) is 3.49. The van der Waals surface area contributed by atoms with Crippen molar-refractivity contribution >= 4 is 27.0 Å². The summed E-state index contributed by atoms with van der Waals surface area (Å²) in [5.41, 5.74) is -2.31. The second kappa shape index (κ2) is 5.49. The Hall–Kier alpha value is -1.28. The lowest BCUT2D eigenvalue weighted by molar-refractivity contribution is -0.136. The Morgan fingerprint density at radius 2 is 2.00 bits per heavy atom. The summed E-state index contributed by atoms with van der Waals surface area (Å²) in [6.07, 6.45) is -4.56. The van der Waals surface area contributed by atoms with Gasteiger partial charge in [0.05, 0.1) is 17.7 Å². The Labute approximate surface area is 127 Å². The smallest absolute Gasteiger partial charge is 0.418 e. The van der Waals surface area contributed by atoms with Crippen molar-refractivity contribution in [2.24, 2.45) is 0 Å². The van der Waals surface area contributed by atoms with E-state index < -0.39 is 17.3 Å². The van der Waals surface area contributed by atoms with Crippen LogP contribution in [0.5, 0.6) is 5.75 Å². The van der Waals surface area contributed by atoms with Gasteiger partial charge in [0.2, 0.25) is 0 Å². The lowest BCUT2D eigenvalue weighted by Crippen LogP contribution is -2.17. The maximum absolute atomic E-state index is 13.1. The van der Waals surface area contributed by atoms with Gasteiger partial charge in [0, 0.05) is 11.4 Å². The molecule has 0 unspecified atom stereocenters. The third-order valence-electron chi connectivity index (χ3n) is 2.79. The van der Waals surface area contributed by atoms with Gasteiger partial charge in [-0.25, -0.2) is 4.98 Å². The summed E-state index contributed by atoms with van der Waals surface area (Å²) in [6, 6.07) is 2.36. The molecule has 2 aromatic rings. The van der Waals surface area contributed by atoms with Crippen LogP contribution in [0.15, 0.2) is 12.1 Å². The number of alkyl halides is 4. The summed E-state index contributed by atoms with van der Waals surface area (Å²) in [5.74, 6) is 0.167. The fourth-order valence-electron chi connectivity index (χ4n) is 1.84. The van der Waals surface area contributed by atoms with Crippen LogP contribution in [0.4, 0.5) is 13.2 Å². The molecular formula is C13H14BrF3N2O2. The van der Waals surface area contributed by atoms with Gasteiger partial charge < -0.3 is 14.8 Å². The highest BCUT2D eigenvalue weighted by atomic mass is 79.9. The quantitative estimate of drug-likeness (QED) is 0.813. The van der Waals surface area contributed by atoms with Crippen molar-refractivity contribution in [3.8, 4) is 5.75 Å². The maximum Gasteiger partial charge on any atom is 0.418 e. The Bertz CT molecular complexity index is 647. The number of fused-ring (bicyclic) bond motifs is 1. The van der Waals surface area contributed by atoms with E-state index in [9.17, 15) is 18.3 Å². The van der Waals surface area contributed by atoms with Crippen LogP contribution < -0.4 is 4.74 Å². The van der Waals surface area contributed by atoms with E-state index >= 15 is 0 Å². The highest BCUT2D eigenvalue weighted by Gasteiger charge is 2.35. The number of aromatic nitrogens is 2. The minimum absolute atomic E-state index is 0.0700. The number of nitrogens with zero attached hydrogens (tertiary/aromatic N) is 1. The van der Waals surface area contributed by atoms with Crippen LogP contribution in [0, 0.1) is 0 Å². The lowest BCUT2D eigenvalue weighted by atomic mass is 10.1. The van der Waals surface area contributed by atoms with E-state index in [2.05, 4.69) is 25.9 Å². The summed E-state index contributed by atoms with van der Waals surface area (Å²) >= 11 is 3.14. The van der Waals surface area contributed by atoms with E-state index in [0.29, 0.717) is 5.33 Å². The van der Waals surface area contributed by atoms with E-state index in [0.717, 1.165) is 6.07 Å². The first-order valence-corrected chi connectivity index (χ1v) is 7.27. The first-order valence-electron chi connectivity index (χ1n) is 6.15. The zero-order valence-electron chi connectivity index (χ0n) is 11.4. The van der Waals surface area contributed by atoms with Crippen LogP contribution in [0.1, 0.15) is 25.2 Å². The molecule has 0 aliphatic rings. The normalized spacial score (nSPS) is 12.9. The SMILES string of the molecule is CC(C)(O)c1nc2c(C(F)(F)F)cc(OCCBr)cc2[nH]1. The molecule has 2 rings (SSSR count). The predicted octanol–water partition coefficient (Wildman–Crippen LogP) is 3.58. The Kier molecular flexibility index (Phi) is 4.21. The first kappa shape index (κ1) is 16.1. The number of ether oxygens (including phenoxy) is 1. The molecule has 0 radical (unpaired) electrons. The maximum atomic E-state index is 13.1. The third-order valence-corrected chi connectivity index (χ3v) is 3.11. The van der Waals surface area contributed by atoms with Gasteiger partial charge in [0.1, 0.15) is 22.7 Å². The highest BCUT2D eigenvalue weighted by Crippen LogP contribution is 2.37. The molecule has 0 bridgehead atoms. The van der Waals surface area contributed by atoms with Gasteiger partial charge in [-0.3, -0.25) is 0 Å². The molecule has 0 aliphatic heterocycles. The second-order valence-corrected chi connectivity index (χ2v) is 5.84. The van der Waals surface area contributed by atoms with Gasteiger partial charge in [-0.2, -0.15) is 13.2 Å². The number of hydrogen-bond acceptors (Lipinski definition) is 3. The van der Waals surface area contributed by atoms with E-state index in [1.54, 1.807) is 0 Å². The van der Waals surface area contributed by atoms with Crippen LogP contribution in [0.2, 0.25) is 0 Å². The van der Waals surface area contributed by atoms with Gasteiger partial charge >= 0.3 is 6.18 Å². The van der Waals surface area contributed by atoms with Gasteiger partial charge in [0.25, 0.3) is 0 Å². The number of benzene rings is 1. The van der Waals surface area contributed by atoms with Crippen LogP contribution in [0.25, 0.3) is 11.0 Å². The average Bonchev–Trinajstić information content (AvgIpc) is 2.77. The van der Waals surface area contributed by atoms with Gasteiger partial charge in [0.15, 0.2) is 0 Å². The molecule has 1 heterocycles. The molecule has 4 nitrogen and oxygen atoms in total. The Morgan fingerprint density at radius 1 is 1.33 bits per heavy atom. The molecule has 0 atom stereocenters. The lowest BCUT2D eigenvalue weighted by Gasteiger charge is -2.12. The molecule has 1 aromatic heterocycles. The monoisotopic (exact) mass is 366 g/mol. The fourth-order valence-corrected chi connectivity index (χ4v) is 2.00. The van der Waals surface area contributed by atoms with Crippen molar-refractivity contribution in [2.45, 2.75) is 25.6 Å². The van der Waals surface area contributed by atoms with E-state index in [4.69, 9.17) is 4.74 Å². The summed E-state index contributed by atoms with van der Waals surface area (Å²) in [5, 5.41) is 10.4. The van der Waals surface area contributed by atoms with E-state index in [1.807, 2.05) is 0 Å². The van der Waals surface area contributed by atoms with Crippen molar-refractivity contribution in [2.75, 3.05) is 11.9 Å². The van der Waals surface area contributed by atoms with Crippen molar-refractivity contribution in [1.82, 2.24) is 9.97 Å². The summed E-state index contributed by atoms with van der Waals surface area (Å²) < 4.78 is 44.7. The Morgan fingerprint density at radius 3 is 2.52 bits per heavy atom. The molecule has 0 fully saturated rings. The topological polar surface area (TPSA) is 58.1 Å². The summed E-state index contributed by atoms with van der Waals surface area (Å²) in [6.45, 7) is 3.13. The molecule has 1 aromatic carbocycles. The second-order valence-electron chi connectivity index (χ2n) is 5.05. The molecule has 116 valence electrons. The van der Waals surface area contributed by atoms with Crippen molar-refractivity contribution in [3.05, 3.63) is 23.5 Å². The van der Waals surface area contributed by atoms with Crippen molar-refractivity contribution in [1.29, 1.82) is 0 Å². The largest absolute Gasteiger partial charge is 0.493 e. The summed E-state index contributed by atoms with van der Waals surface area (Å²) in [7, 11) is 0. The zero-order valence-corrected chi connectivity index (χ0v) is 13.0. The molecule has 0 amide bonds. The van der Waals surface area contributed by atoms with Gasteiger partial charge in [-0.15, -0.1) is 0 Å². The van der Waals surface area contributed by atoms with Gasteiger partial charge in [-0.05, 0) is 19.9 Å². The van der Waals surface area contributed by atoms with Crippen molar-refractivity contribution < 1.29 is 23.0 Å². The van der Waals surface area contributed by atoms with E-state index in [1.165, 1.54) is 19.9 Å². The molecule has 0 saturated carbocycles. The number of hydrogen-bond donors (Lipinski definition) is 2. The standard InChI is InChI=1S/C13H14BrF3N2O2/c1-12(2,20)11-18-9-6-7(21-4-3-14)5-8(10(9)19-11)13(15,16)17/h5-6,20H,3-4H2,1-2H3,(H,18,19). The molecule has 2 N–H and O–H groups in total. The molecule has 8 heteroatoms. The molecule has 0 spiro atoms. The van der Waals surface area contributed by atoms with E-state index in [-0.39, 0.29) is 29.2 Å². The molecule has 0 saturated heterocycles. The minimum atomic E-state index is -4.56. The number of rotatable bonds is 4. The molecular weight excluding hydrogens is 353 g/mol. The van der Waals surface area contributed by atoms with Crippen LogP contribution in [-0.2, 0) is 11.8 Å². The number of halogens is 4. The van der Waals surface area contributed by atoms with Crippen LogP contribution >= 0.6 is 15.9 Å². The van der Waals surface area contributed by atoms with Crippen LogP contribution in [0.3, 0.4) is 0 Å². The molecule has 0 aliphatic carbocycles. The number of nitrogens with one attached hydrogen (secondary N) is 1. The van der Waals surface area contributed by atoms with Crippen LogP contribution in [-0.4, -0.2) is 27.0 Å². The fraction of sp³-hybridized carbons (Fsp3) is 0.462. The predicted molar refractivity (Wildman–Crippen MR) is 75.6 cm³/mol. The Balaban J connectivity index is 2.63. The van der Waals surface area contributed by atoms with Gasteiger partial charge in [-0.1, -0.05) is 15.9 Å². The number of aromatic amines is 1. The average molecular weight is 367 g/mol. The highest BCUT2D eigenvalue weighted by molar-refractivity contribution is 9.09. The molecule has 21 heavy (non-hydrogen) atoms. The number of aliphatic hydroxyl groups is 1. The number of imidazole rings is 1. The summed E-state index contributed by atoms with van der Waals surface area (Å²) in [4.78, 5) is 6.59. The zero-order chi connectivity index (χ0) is 15.8. The first-order chi connectivity index (χ1) is 9.63.